The lowest BCUT2D eigenvalue weighted by atomic mass is 10.6. The van der Waals surface area contributed by atoms with Gasteiger partial charge in [-0.2, -0.15) is 0 Å². The molecule has 0 aliphatic carbocycles. The maximum absolute atomic E-state index is 10.4. The van der Waals surface area contributed by atoms with Crippen molar-refractivity contribution in [2.75, 3.05) is 13.2 Å². The van der Waals surface area contributed by atoms with Crippen LogP contribution in [0.5, 0.6) is 0 Å². The summed E-state index contributed by atoms with van der Waals surface area (Å²) in [5, 5.41) is 0. The Bertz CT molecular complexity index is 168. The fourth-order valence-corrected chi connectivity index (χ4v) is 0.330. The Hall–Kier alpha value is -1.34. The number of carbonyl (C=O) groups is 1. The number of rotatable bonds is 4. The van der Waals surface area contributed by atoms with Crippen molar-refractivity contribution in [1.29, 1.82) is 0 Å². The van der Waals surface area contributed by atoms with Gasteiger partial charge < -0.3 is 4.74 Å². The molecule has 0 saturated carbocycles. The molecule has 0 spiro atoms. The van der Waals surface area contributed by atoms with E-state index in [-0.39, 0.29) is 6.61 Å². The van der Waals surface area contributed by atoms with Gasteiger partial charge in [-0.05, 0) is 12.4 Å². The van der Waals surface area contributed by atoms with Crippen molar-refractivity contribution in [2.45, 2.75) is 0 Å². The summed E-state index contributed by atoms with van der Waals surface area (Å²) >= 11 is 0. The number of esters is 1. The highest BCUT2D eigenvalue weighted by molar-refractivity contribution is 5.81. The fourth-order valence-electron chi connectivity index (χ4n) is 0.330. The second-order valence-corrected chi connectivity index (χ2v) is 1.41. The van der Waals surface area contributed by atoms with Crippen LogP contribution < -0.4 is 0 Å². The van der Waals surface area contributed by atoms with Crippen molar-refractivity contribution in [3.05, 3.63) is 19.2 Å². The number of hydrogen-bond donors (Lipinski definition) is 0. The smallest absolute Gasteiger partial charge is 0.330 e. The van der Waals surface area contributed by atoms with Crippen LogP contribution in [0.1, 0.15) is 0 Å². The lowest BCUT2D eigenvalue weighted by Crippen LogP contribution is -2.03. The van der Waals surface area contributed by atoms with E-state index in [2.05, 4.69) is 28.8 Å². The highest BCUT2D eigenvalue weighted by Gasteiger charge is 1.91. The van der Waals surface area contributed by atoms with Crippen LogP contribution in [0.15, 0.2) is 24.2 Å². The SMILES string of the molecule is C=C=NCCOC(=O)C=C. The molecule has 0 aromatic rings. The van der Waals surface area contributed by atoms with Crippen LogP contribution in [0.3, 0.4) is 0 Å². The van der Waals surface area contributed by atoms with Crippen LogP contribution in [0.2, 0.25) is 0 Å². The summed E-state index contributed by atoms with van der Waals surface area (Å²) in [4.78, 5) is 14.0. The molecule has 0 aliphatic heterocycles. The van der Waals surface area contributed by atoms with Crippen molar-refractivity contribution < 1.29 is 9.53 Å². The average molecular weight is 139 g/mol. The molecule has 0 N–H and O–H groups in total. The highest BCUT2D eigenvalue weighted by atomic mass is 16.5. The predicted molar refractivity (Wildman–Crippen MR) is 39.1 cm³/mol. The summed E-state index contributed by atoms with van der Waals surface area (Å²) in [6.45, 7) is 7.13. The molecule has 0 unspecified atom stereocenters. The number of hydrogen-bond acceptors (Lipinski definition) is 3. The van der Waals surface area contributed by atoms with E-state index in [1.165, 1.54) is 0 Å². The summed E-state index contributed by atoms with van der Waals surface area (Å²) in [6.07, 6.45) is 1.11. The second-order valence-electron chi connectivity index (χ2n) is 1.41. The molecule has 0 atom stereocenters. The first-order valence-electron chi connectivity index (χ1n) is 2.79. The van der Waals surface area contributed by atoms with Crippen LogP contribution in [-0.4, -0.2) is 25.0 Å². The Balaban J connectivity index is 3.27. The topological polar surface area (TPSA) is 38.7 Å². The van der Waals surface area contributed by atoms with Crippen LogP contribution in [0.4, 0.5) is 0 Å². The first-order chi connectivity index (χ1) is 4.81. The van der Waals surface area contributed by atoms with Gasteiger partial charge in [0.05, 0.1) is 6.54 Å². The van der Waals surface area contributed by atoms with E-state index in [0.717, 1.165) is 6.08 Å². The number of carbonyl (C=O) groups excluding carboxylic acids is 1. The minimum atomic E-state index is -0.431. The molecule has 10 heavy (non-hydrogen) atoms. The minimum absolute atomic E-state index is 0.257. The molecule has 0 amide bonds. The van der Waals surface area contributed by atoms with Gasteiger partial charge in [0.1, 0.15) is 6.61 Å². The molecule has 0 radical (unpaired) electrons. The van der Waals surface area contributed by atoms with E-state index in [9.17, 15) is 4.79 Å². The molecule has 0 bridgehead atoms. The molecule has 0 aliphatic rings. The van der Waals surface area contributed by atoms with Crippen molar-refractivity contribution in [2.24, 2.45) is 4.99 Å². The third kappa shape index (κ3) is 4.81. The van der Waals surface area contributed by atoms with Crippen molar-refractivity contribution in [3.8, 4) is 0 Å². The van der Waals surface area contributed by atoms with E-state index in [1.807, 2.05) is 0 Å². The molecule has 0 fully saturated rings. The van der Waals surface area contributed by atoms with Gasteiger partial charge in [0.25, 0.3) is 0 Å². The summed E-state index contributed by atoms with van der Waals surface area (Å²) in [5.74, 6) is 1.89. The average Bonchev–Trinajstić information content (AvgIpc) is 1.98. The van der Waals surface area contributed by atoms with Gasteiger partial charge >= 0.3 is 5.97 Å². The zero-order chi connectivity index (χ0) is 7.82. The number of aliphatic imine (C=N–C) groups is 1. The number of nitrogens with zero attached hydrogens (tertiary/aromatic N) is 1. The lowest BCUT2D eigenvalue weighted by molar-refractivity contribution is -0.137. The third-order valence-electron chi connectivity index (χ3n) is 0.726. The van der Waals surface area contributed by atoms with Crippen molar-refractivity contribution in [3.63, 3.8) is 0 Å². The largest absolute Gasteiger partial charge is 0.461 e. The van der Waals surface area contributed by atoms with Crippen molar-refractivity contribution >= 4 is 11.8 Å². The zero-order valence-corrected chi connectivity index (χ0v) is 5.67. The molecular formula is C7H9NO2. The van der Waals surface area contributed by atoms with Crippen LogP contribution >= 0.6 is 0 Å². The maximum Gasteiger partial charge on any atom is 0.330 e. The Morgan fingerprint density at radius 3 is 3.00 bits per heavy atom. The van der Waals surface area contributed by atoms with Crippen LogP contribution in [-0.2, 0) is 9.53 Å². The molecular weight excluding hydrogens is 130 g/mol. The Kier molecular flexibility index (Phi) is 5.01. The monoisotopic (exact) mass is 139 g/mol. The molecule has 0 aromatic carbocycles. The number of ether oxygens (including phenoxy) is 1. The molecule has 0 rings (SSSR count). The highest BCUT2D eigenvalue weighted by Crippen LogP contribution is 1.78. The van der Waals surface area contributed by atoms with Gasteiger partial charge in [0.15, 0.2) is 0 Å². The van der Waals surface area contributed by atoms with Crippen LogP contribution in [0, 0.1) is 0 Å². The normalized spacial score (nSPS) is 7.60. The van der Waals surface area contributed by atoms with Crippen LogP contribution in [0.25, 0.3) is 0 Å². The van der Waals surface area contributed by atoms with E-state index < -0.39 is 5.97 Å². The van der Waals surface area contributed by atoms with Gasteiger partial charge in [-0.3, -0.25) is 0 Å². The summed E-state index contributed by atoms with van der Waals surface area (Å²) in [5.41, 5.74) is 0. The van der Waals surface area contributed by atoms with E-state index in [1.54, 1.807) is 0 Å². The molecule has 0 aromatic heterocycles. The van der Waals surface area contributed by atoms with Crippen molar-refractivity contribution in [1.82, 2.24) is 0 Å². The van der Waals surface area contributed by atoms with Gasteiger partial charge in [-0.15, -0.1) is 0 Å². The predicted octanol–water partition coefficient (Wildman–Crippen LogP) is 0.571. The van der Waals surface area contributed by atoms with E-state index in [0.29, 0.717) is 6.54 Å². The minimum Gasteiger partial charge on any atom is -0.461 e. The Morgan fingerprint density at radius 2 is 2.50 bits per heavy atom. The summed E-state index contributed by atoms with van der Waals surface area (Å²) < 4.78 is 4.57. The Morgan fingerprint density at radius 1 is 1.80 bits per heavy atom. The third-order valence-corrected chi connectivity index (χ3v) is 0.726. The first kappa shape index (κ1) is 8.66. The van der Waals surface area contributed by atoms with E-state index in [4.69, 9.17) is 0 Å². The second kappa shape index (κ2) is 5.79. The summed E-state index contributed by atoms with van der Waals surface area (Å²) in [6, 6.07) is 0. The molecule has 0 saturated heterocycles. The molecule has 54 valence electrons. The maximum atomic E-state index is 10.4. The zero-order valence-electron chi connectivity index (χ0n) is 5.67. The molecule has 3 nitrogen and oxygen atoms in total. The van der Waals surface area contributed by atoms with Gasteiger partial charge in [-0.1, -0.05) is 6.58 Å². The molecule has 3 heteroatoms. The first-order valence-corrected chi connectivity index (χ1v) is 2.79. The standard InChI is InChI=1S/C7H9NO2/c1-3-7(9)10-6-5-8-4-2/h3H,1-2,5-6H2. The fraction of sp³-hybridized carbons (Fsp3) is 0.286. The quantitative estimate of drug-likeness (QED) is 0.247. The Labute approximate surface area is 59.7 Å². The van der Waals surface area contributed by atoms with Gasteiger partial charge in [0, 0.05) is 6.08 Å². The van der Waals surface area contributed by atoms with Gasteiger partial charge in [-0.25, -0.2) is 9.79 Å². The lowest BCUT2D eigenvalue weighted by Gasteiger charge is -1.95. The van der Waals surface area contributed by atoms with E-state index >= 15 is 0 Å². The molecule has 0 heterocycles. The summed E-state index contributed by atoms with van der Waals surface area (Å²) in [7, 11) is 0. The van der Waals surface area contributed by atoms with Gasteiger partial charge in [0.2, 0.25) is 0 Å².